The number of aliphatic carboxylic acids is 2. The minimum Gasteiger partial charge on any atom is -0.481 e. The maximum absolute atomic E-state index is 12.1. The topological polar surface area (TPSA) is 202 Å². The first-order chi connectivity index (χ1) is 15.7. The van der Waals surface area contributed by atoms with Gasteiger partial charge in [0.15, 0.2) is 5.00 Å². The zero-order valence-electron chi connectivity index (χ0n) is 17.5. The highest BCUT2D eigenvalue weighted by molar-refractivity contribution is 7.16. The highest BCUT2D eigenvalue weighted by Gasteiger charge is 2.16. The second-order valence-electron chi connectivity index (χ2n) is 6.93. The van der Waals surface area contributed by atoms with E-state index in [-0.39, 0.29) is 36.2 Å². The first kappa shape index (κ1) is 25.1. The number of aryl methyl sites for hydroxylation is 1. The Morgan fingerprint density at radius 3 is 2.52 bits per heavy atom. The third-order valence-corrected chi connectivity index (χ3v) is 5.64. The number of hydrogen-bond donors (Lipinski definition) is 4. The average molecular weight is 468 g/mol. The van der Waals surface area contributed by atoms with Gasteiger partial charge in [-0.25, -0.2) is 0 Å². The lowest BCUT2D eigenvalue weighted by Gasteiger charge is -2.10. The standard InChI is InChI=1S/C21H20N6O5S/c1-11-14(9-22)20(33-17(11)10-23)27-26-16-5-3-13(8-12(16)2-7-19(29)30)25-18(28)6-4-15(24)21(31)32/h3,5,8,15H,2,4,6-7,24H2,1H3,(H,25,28)(H,29,30)(H,31,32)/b27-26+. The van der Waals surface area contributed by atoms with E-state index in [0.717, 1.165) is 11.3 Å². The summed E-state index contributed by atoms with van der Waals surface area (Å²) < 4.78 is 0. The van der Waals surface area contributed by atoms with E-state index >= 15 is 0 Å². The Kier molecular flexibility index (Phi) is 8.74. The molecule has 2 rings (SSSR count). The van der Waals surface area contributed by atoms with E-state index in [2.05, 4.69) is 15.5 Å². The number of carbonyl (C=O) groups is 3. The molecule has 0 saturated heterocycles. The Hall–Kier alpha value is -4.13. The van der Waals surface area contributed by atoms with Crippen LogP contribution >= 0.6 is 11.3 Å². The number of carboxylic acid groups (broad SMARTS) is 2. The molecule has 5 N–H and O–H groups in total. The third-order valence-electron chi connectivity index (χ3n) is 4.56. The van der Waals surface area contributed by atoms with Crippen molar-refractivity contribution in [2.45, 2.75) is 38.6 Å². The van der Waals surface area contributed by atoms with Crippen LogP contribution in [0.15, 0.2) is 28.4 Å². The quantitative estimate of drug-likeness (QED) is 0.380. The van der Waals surface area contributed by atoms with Crippen molar-refractivity contribution in [1.29, 1.82) is 10.5 Å². The van der Waals surface area contributed by atoms with Crippen LogP contribution in [0.2, 0.25) is 0 Å². The van der Waals surface area contributed by atoms with Crippen molar-refractivity contribution < 1.29 is 24.6 Å². The molecule has 1 amide bonds. The molecule has 170 valence electrons. The van der Waals surface area contributed by atoms with Crippen molar-refractivity contribution in [2.24, 2.45) is 16.0 Å². The molecule has 2 aromatic rings. The van der Waals surface area contributed by atoms with Crippen LogP contribution in [0.4, 0.5) is 16.4 Å². The molecule has 0 radical (unpaired) electrons. The Morgan fingerprint density at radius 2 is 1.91 bits per heavy atom. The van der Waals surface area contributed by atoms with Crippen LogP contribution in [0.3, 0.4) is 0 Å². The molecule has 1 heterocycles. The highest BCUT2D eigenvalue weighted by Crippen LogP contribution is 2.36. The van der Waals surface area contributed by atoms with Crippen LogP contribution in [0.5, 0.6) is 0 Å². The van der Waals surface area contributed by atoms with Gasteiger partial charge in [0.05, 0.1) is 11.3 Å². The maximum Gasteiger partial charge on any atom is 0.320 e. The van der Waals surface area contributed by atoms with E-state index in [9.17, 15) is 19.6 Å². The van der Waals surface area contributed by atoms with E-state index in [4.69, 9.17) is 21.2 Å². The minimum absolute atomic E-state index is 0.0362. The number of carbonyl (C=O) groups excluding carboxylic acids is 1. The van der Waals surface area contributed by atoms with Gasteiger partial charge >= 0.3 is 11.9 Å². The Labute approximate surface area is 192 Å². The second kappa shape index (κ2) is 11.5. The number of nitrogens with two attached hydrogens (primary N) is 1. The number of azo groups is 1. The van der Waals surface area contributed by atoms with Gasteiger partial charge in [-0.2, -0.15) is 10.5 Å². The molecule has 1 unspecified atom stereocenters. The molecule has 0 saturated carbocycles. The highest BCUT2D eigenvalue weighted by atomic mass is 32.1. The summed E-state index contributed by atoms with van der Waals surface area (Å²) in [6.45, 7) is 1.64. The summed E-state index contributed by atoms with van der Waals surface area (Å²) in [6, 6.07) is 7.49. The molecule has 0 aliphatic rings. The molecule has 0 aliphatic heterocycles. The Balaban J connectivity index is 2.27. The number of benzene rings is 1. The van der Waals surface area contributed by atoms with E-state index in [1.807, 2.05) is 12.1 Å². The molecular weight excluding hydrogens is 448 g/mol. The fraction of sp³-hybridized carbons (Fsp3) is 0.286. The van der Waals surface area contributed by atoms with Gasteiger partial charge in [0.2, 0.25) is 5.91 Å². The van der Waals surface area contributed by atoms with E-state index in [0.29, 0.717) is 27.4 Å². The first-order valence-electron chi connectivity index (χ1n) is 9.64. The van der Waals surface area contributed by atoms with Gasteiger partial charge in [0.1, 0.15) is 23.1 Å². The largest absolute Gasteiger partial charge is 0.481 e. The summed E-state index contributed by atoms with van der Waals surface area (Å²) >= 11 is 1.03. The molecule has 0 fully saturated rings. The van der Waals surface area contributed by atoms with Crippen LogP contribution in [0.1, 0.15) is 40.8 Å². The fourth-order valence-electron chi connectivity index (χ4n) is 2.74. The van der Waals surface area contributed by atoms with Gasteiger partial charge in [-0.15, -0.1) is 21.6 Å². The SMILES string of the molecule is Cc1c(C#N)sc(/N=N/c2ccc(NC(=O)CCC(N)C(=O)O)cc2CCC(=O)O)c1C#N. The molecule has 1 aromatic carbocycles. The van der Waals surface area contributed by atoms with Crippen molar-refractivity contribution in [1.82, 2.24) is 0 Å². The minimum atomic E-state index is -1.20. The number of amides is 1. The second-order valence-corrected chi connectivity index (χ2v) is 7.93. The zero-order chi connectivity index (χ0) is 24.5. The molecule has 0 bridgehead atoms. The van der Waals surface area contributed by atoms with Gasteiger partial charge in [-0.05, 0) is 49.1 Å². The van der Waals surface area contributed by atoms with Crippen molar-refractivity contribution in [3.05, 3.63) is 39.8 Å². The maximum atomic E-state index is 12.1. The third kappa shape index (κ3) is 6.93. The van der Waals surface area contributed by atoms with Crippen LogP contribution in [0, 0.1) is 29.6 Å². The molecule has 1 aromatic heterocycles. The van der Waals surface area contributed by atoms with E-state index in [1.165, 1.54) is 6.07 Å². The van der Waals surface area contributed by atoms with Gasteiger partial charge in [0.25, 0.3) is 0 Å². The summed E-state index contributed by atoms with van der Waals surface area (Å²) in [5.74, 6) is -2.66. The number of thiophene rings is 1. The monoisotopic (exact) mass is 468 g/mol. The summed E-state index contributed by atoms with van der Waals surface area (Å²) in [6.07, 6.45) is -0.219. The average Bonchev–Trinajstić information content (AvgIpc) is 3.09. The first-order valence-corrected chi connectivity index (χ1v) is 10.5. The number of anilines is 1. The molecule has 1 atom stereocenters. The molecule has 0 aliphatic carbocycles. The lowest BCUT2D eigenvalue weighted by atomic mass is 10.1. The van der Waals surface area contributed by atoms with Gasteiger partial charge in [0, 0.05) is 18.5 Å². The Bertz CT molecular complexity index is 1190. The number of hydrogen-bond acceptors (Lipinski definition) is 9. The van der Waals surface area contributed by atoms with Crippen LogP contribution in [-0.4, -0.2) is 34.1 Å². The van der Waals surface area contributed by atoms with Gasteiger partial charge < -0.3 is 21.3 Å². The summed E-state index contributed by atoms with van der Waals surface area (Å²) in [7, 11) is 0. The van der Waals surface area contributed by atoms with Gasteiger partial charge in [-0.3, -0.25) is 14.4 Å². The van der Waals surface area contributed by atoms with E-state index in [1.54, 1.807) is 19.1 Å². The van der Waals surface area contributed by atoms with Crippen molar-refractivity contribution in [3.63, 3.8) is 0 Å². The lowest BCUT2D eigenvalue weighted by molar-refractivity contribution is -0.139. The van der Waals surface area contributed by atoms with Crippen molar-refractivity contribution in [3.8, 4) is 12.1 Å². The zero-order valence-corrected chi connectivity index (χ0v) is 18.3. The van der Waals surface area contributed by atoms with Crippen molar-refractivity contribution in [2.75, 3.05) is 5.32 Å². The molecule has 11 nitrogen and oxygen atoms in total. The van der Waals surface area contributed by atoms with Crippen LogP contribution < -0.4 is 11.1 Å². The van der Waals surface area contributed by atoms with E-state index < -0.39 is 23.9 Å². The number of nitrogens with zero attached hydrogens (tertiary/aromatic N) is 4. The number of nitriles is 2. The Morgan fingerprint density at radius 1 is 1.18 bits per heavy atom. The number of nitrogens with one attached hydrogen (secondary N) is 1. The smallest absolute Gasteiger partial charge is 0.320 e. The summed E-state index contributed by atoms with van der Waals surface area (Å²) in [5.41, 5.74) is 7.37. The molecule has 12 heteroatoms. The fourth-order valence-corrected chi connectivity index (χ4v) is 3.62. The predicted molar refractivity (Wildman–Crippen MR) is 119 cm³/mol. The van der Waals surface area contributed by atoms with Crippen LogP contribution in [0.25, 0.3) is 0 Å². The van der Waals surface area contributed by atoms with Crippen LogP contribution in [-0.2, 0) is 20.8 Å². The number of rotatable bonds is 10. The summed E-state index contributed by atoms with van der Waals surface area (Å²) in [5, 5.41) is 47.4. The van der Waals surface area contributed by atoms with Crippen molar-refractivity contribution >= 4 is 45.6 Å². The number of carboxylic acids is 2. The summed E-state index contributed by atoms with van der Waals surface area (Å²) in [4.78, 5) is 34.3. The molecule has 0 spiro atoms. The lowest BCUT2D eigenvalue weighted by Crippen LogP contribution is -2.31. The molecular formula is C21H20N6O5S. The van der Waals surface area contributed by atoms with Gasteiger partial charge in [-0.1, -0.05) is 0 Å². The normalized spacial score (nSPS) is 11.5. The predicted octanol–water partition coefficient (Wildman–Crippen LogP) is 3.36. The molecule has 33 heavy (non-hydrogen) atoms.